The van der Waals surface area contributed by atoms with Crippen molar-refractivity contribution >= 4 is 38.1 Å². The van der Waals surface area contributed by atoms with Gasteiger partial charge in [0.1, 0.15) is 5.75 Å². The third-order valence-electron chi connectivity index (χ3n) is 1.26. The minimum absolute atomic E-state index is 0.171. The Morgan fingerprint density at radius 1 is 1.33 bits per heavy atom. The molecular weight excluding hydrogens is 288 g/mol. The summed E-state index contributed by atoms with van der Waals surface area (Å²) < 4.78 is 1.21. The standard InChI is InChI=1S/C7H6Br2N2O/c8-5-1-4(3-11-10)2-6(9)7(5)12/h1-3,12H,10H2. The number of hydrogen-bond acceptors (Lipinski definition) is 3. The van der Waals surface area contributed by atoms with Crippen LogP contribution in [0.4, 0.5) is 0 Å². The Morgan fingerprint density at radius 2 is 1.83 bits per heavy atom. The molecule has 1 rings (SSSR count). The molecule has 1 aromatic rings. The highest BCUT2D eigenvalue weighted by Gasteiger charge is 2.03. The zero-order valence-corrected chi connectivity index (χ0v) is 9.13. The summed E-state index contributed by atoms with van der Waals surface area (Å²) >= 11 is 6.37. The van der Waals surface area contributed by atoms with Gasteiger partial charge >= 0.3 is 0 Å². The van der Waals surface area contributed by atoms with E-state index in [-0.39, 0.29) is 5.75 Å². The Morgan fingerprint density at radius 3 is 2.25 bits per heavy atom. The molecule has 0 fully saturated rings. The van der Waals surface area contributed by atoms with Crippen molar-refractivity contribution in [2.45, 2.75) is 0 Å². The van der Waals surface area contributed by atoms with Crippen LogP contribution in [0.1, 0.15) is 5.56 Å². The summed E-state index contributed by atoms with van der Waals surface area (Å²) in [5, 5.41) is 12.7. The lowest BCUT2D eigenvalue weighted by molar-refractivity contribution is 0.468. The molecule has 0 aromatic heterocycles. The first-order chi connectivity index (χ1) is 5.65. The molecule has 0 bridgehead atoms. The third kappa shape index (κ3) is 1.98. The summed E-state index contributed by atoms with van der Waals surface area (Å²) in [5.74, 6) is 5.15. The van der Waals surface area contributed by atoms with E-state index in [2.05, 4.69) is 37.0 Å². The summed E-state index contributed by atoms with van der Waals surface area (Å²) in [6, 6.07) is 3.44. The van der Waals surface area contributed by atoms with Gasteiger partial charge in [-0.25, -0.2) is 0 Å². The van der Waals surface area contributed by atoms with Crippen molar-refractivity contribution in [2.24, 2.45) is 10.9 Å². The molecule has 12 heavy (non-hydrogen) atoms. The maximum Gasteiger partial charge on any atom is 0.143 e. The fourth-order valence-corrected chi connectivity index (χ4v) is 1.97. The van der Waals surface area contributed by atoms with Gasteiger partial charge in [-0.05, 0) is 49.6 Å². The Bertz CT molecular complexity index is 302. The Labute approximate surface area is 86.5 Å². The number of phenolic OH excluding ortho intramolecular Hbond substituents is 1. The van der Waals surface area contributed by atoms with Crippen molar-refractivity contribution in [1.82, 2.24) is 0 Å². The average molecular weight is 294 g/mol. The fraction of sp³-hybridized carbons (Fsp3) is 0. The van der Waals surface area contributed by atoms with E-state index in [1.165, 1.54) is 6.21 Å². The van der Waals surface area contributed by atoms with Gasteiger partial charge in [-0.15, -0.1) is 0 Å². The summed E-state index contributed by atoms with van der Waals surface area (Å²) in [5.41, 5.74) is 0.814. The second-order valence-electron chi connectivity index (χ2n) is 2.11. The summed E-state index contributed by atoms with van der Waals surface area (Å²) in [6.45, 7) is 0. The zero-order valence-electron chi connectivity index (χ0n) is 5.96. The van der Waals surface area contributed by atoms with Crippen LogP contribution in [0.3, 0.4) is 0 Å². The highest BCUT2D eigenvalue weighted by Crippen LogP contribution is 2.32. The van der Waals surface area contributed by atoms with Gasteiger partial charge in [-0.2, -0.15) is 5.10 Å². The van der Waals surface area contributed by atoms with Gasteiger partial charge in [-0.3, -0.25) is 0 Å². The monoisotopic (exact) mass is 292 g/mol. The molecule has 0 heterocycles. The molecule has 64 valence electrons. The highest BCUT2D eigenvalue weighted by atomic mass is 79.9. The maximum absolute atomic E-state index is 9.33. The number of benzene rings is 1. The van der Waals surface area contributed by atoms with Crippen molar-refractivity contribution in [3.05, 3.63) is 26.6 Å². The van der Waals surface area contributed by atoms with Crippen molar-refractivity contribution in [3.63, 3.8) is 0 Å². The van der Waals surface area contributed by atoms with E-state index in [0.29, 0.717) is 8.95 Å². The summed E-state index contributed by atoms with van der Waals surface area (Å²) in [4.78, 5) is 0. The molecule has 0 spiro atoms. The van der Waals surface area contributed by atoms with E-state index in [9.17, 15) is 5.11 Å². The van der Waals surface area contributed by atoms with Crippen LogP contribution in [0, 0.1) is 0 Å². The molecule has 5 heteroatoms. The molecule has 0 amide bonds. The Kier molecular flexibility index (Phi) is 3.11. The quantitative estimate of drug-likeness (QED) is 0.474. The molecule has 0 saturated carbocycles. The van der Waals surface area contributed by atoms with Gasteiger partial charge in [0.05, 0.1) is 15.2 Å². The van der Waals surface area contributed by atoms with E-state index >= 15 is 0 Å². The molecule has 0 unspecified atom stereocenters. The molecule has 0 atom stereocenters. The summed E-state index contributed by atoms with van der Waals surface area (Å²) in [6.07, 6.45) is 1.50. The molecule has 1 aromatic carbocycles. The van der Waals surface area contributed by atoms with E-state index in [4.69, 9.17) is 5.84 Å². The van der Waals surface area contributed by atoms with Crippen molar-refractivity contribution in [3.8, 4) is 5.75 Å². The van der Waals surface area contributed by atoms with Crippen LogP contribution < -0.4 is 5.84 Å². The highest BCUT2D eigenvalue weighted by molar-refractivity contribution is 9.11. The van der Waals surface area contributed by atoms with Crippen LogP contribution >= 0.6 is 31.9 Å². The first-order valence-electron chi connectivity index (χ1n) is 3.06. The summed E-state index contributed by atoms with van der Waals surface area (Å²) in [7, 11) is 0. The van der Waals surface area contributed by atoms with E-state index in [1.54, 1.807) is 12.1 Å². The first kappa shape index (κ1) is 9.54. The predicted octanol–water partition coefficient (Wildman–Crippen LogP) is 2.21. The lowest BCUT2D eigenvalue weighted by atomic mass is 10.2. The second kappa shape index (κ2) is 3.91. The lowest BCUT2D eigenvalue weighted by Gasteiger charge is -2.00. The number of halogens is 2. The molecule has 3 N–H and O–H groups in total. The van der Waals surface area contributed by atoms with Crippen LogP contribution in [-0.4, -0.2) is 11.3 Å². The third-order valence-corrected chi connectivity index (χ3v) is 2.47. The Balaban J connectivity index is 3.21. The van der Waals surface area contributed by atoms with Crippen LogP contribution in [0.15, 0.2) is 26.2 Å². The molecule has 0 aliphatic carbocycles. The normalized spacial score (nSPS) is 10.8. The minimum Gasteiger partial charge on any atom is -0.506 e. The number of hydrogen-bond donors (Lipinski definition) is 2. The van der Waals surface area contributed by atoms with Crippen LogP contribution in [0.5, 0.6) is 5.75 Å². The molecule has 0 saturated heterocycles. The van der Waals surface area contributed by atoms with Gasteiger partial charge in [0.2, 0.25) is 0 Å². The zero-order chi connectivity index (χ0) is 9.14. The molecular formula is C7H6Br2N2O. The van der Waals surface area contributed by atoms with Crippen LogP contribution in [0.2, 0.25) is 0 Å². The van der Waals surface area contributed by atoms with Crippen LogP contribution in [-0.2, 0) is 0 Å². The van der Waals surface area contributed by atoms with Crippen LogP contribution in [0.25, 0.3) is 0 Å². The minimum atomic E-state index is 0.171. The van der Waals surface area contributed by atoms with E-state index in [0.717, 1.165) is 5.56 Å². The number of phenols is 1. The topological polar surface area (TPSA) is 58.6 Å². The lowest BCUT2D eigenvalue weighted by Crippen LogP contribution is -1.86. The van der Waals surface area contributed by atoms with Crippen molar-refractivity contribution < 1.29 is 5.11 Å². The molecule has 0 aliphatic rings. The number of nitrogens with two attached hydrogens (primary N) is 1. The number of rotatable bonds is 1. The molecule has 0 aliphatic heterocycles. The van der Waals surface area contributed by atoms with E-state index in [1.807, 2.05) is 0 Å². The number of hydrazone groups is 1. The van der Waals surface area contributed by atoms with Gasteiger partial charge in [-0.1, -0.05) is 0 Å². The number of aromatic hydroxyl groups is 1. The first-order valence-corrected chi connectivity index (χ1v) is 4.65. The molecule has 3 nitrogen and oxygen atoms in total. The van der Waals surface area contributed by atoms with Gasteiger partial charge in [0, 0.05) is 0 Å². The van der Waals surface area contributed by atoms with Crippen molar-refractivity contribution in [2.75, 3.05) is 0 Å². The van der Waals surface area contributed by atoms with Gasteiger partial charge < -0.3 is 10.9 Å². The average Bonchev–Trinajstić information content (AvgIpc) is 2.01. The fourth-order valence-electron chi connectivity index (χ4n) is 0.746. The predicted molar refractivity (Wildman–Crippen MR) is 55.3 cm³/mol. The SMILES string of the molecule is NN=Cc1cc(Br)c(O)c(Br)c1. The maximum atomic E-state index is 9.33. The second-order valence-corrected chi connectivity index (χ2v) is 3.82. The van der Waals surface area contributed by atoms with E-state index < -0.39 is 0 Å². The number of nitrogens with zero attached hydrogens (tertiary/aromatic N) is 1. The van der Waals surface area contributed by atoms with Crippen molar-refractivity contribution in [1.29, 1.82) is 0 Å². The molecule has 0 radical (unpaired) electrons. The Hall–Kier alpha value is -0.550. The van der Waals surface area contributed by atoms with Gasteiger partial charge in [0.25, 0.3) is 0 Å². The smallest absolute Gasteiger partial charge is 0.143 e. The van der Waals surface area contributed by atoms with Gasteiger partial charge in [0.15, 0.2) is 0 Å². The largest absolute Gasteiger partial charge is 0.506 e.